The van der Waals surface area contributed by atoms with Crippen molar-refractivity contribution in [1.82, 2.24) is 4.31 Å². The number of nitrogens with zero attached hydrogens (tertiary/aromatic N) is 1. The number of sulfonamides is 1. The SMILES string of the molecule is COc1ccc(NC(=O)CCc2ccc(Cl)cc2Cl)cc1S(=O)(=O)N1CCOCC1. The Morgan fingerprint density at radius 1 is 1.17 bits per heavy atom. The molecule has 30 heavy (non-hydrogen) atoms. The Balaban J connectivity index is 1.73. The topological polar surface area (TPSA) is 84.9 Å². The molecule has 0 unspecified atom stereocenters. The van der Waals surface area contributed by atoms with Crippen LogP contribution in [0.3, 0.4) is 0 Å². The summed E-state index contributed by atoms with van der Waals surface area (Å²) in [6.07, 6.45) is 0.607. The van der Waals surface area contributed by atoms with E-state index in [9.17, 15) is 13.2 Å². The van der Waals surface area contributed by atoms with Crippen LogP contribution < -0.4 is 10.1 Å². The number of hydrogen-bond donors (Lipinski definition) is 1. The highest BCUT2D eigenvalue weighted by Gasteiger charge is 2.29. The van der Waals surface area contributed by atoms with Crippen LogP contribution >= 0.6 is 23.2 Å². The first-order chi connectivity index (χ1) is 14.3. The van der Waals surface area contributed by atoms with E-state index in [0.717, 1.165) is 5.56 Å². The summed E-state index contributed by atoms with van der Waals surface area (Å²) in [7, 11) is -2.38. The van der Waals surface area contributed by atoms with E-state index in [-0.39, 0.29) is 36.1 Å². The number of rotatable bonds is 7. The first kappa shape index (κ1) is 22.8. The van der Waals surface area contributed by atoms with Crippen LogP contribution in [0.2, 0.25) is 10.0 Å². The zero-order chi connectivity index (χ0) is 21.7. The number of carbonyl (C=O) groups excluding carboxylic acids is 1. The molecule has 162 valence electrons. The van der Waals surface area contributed by atoms with Crippen LogP contribution in [0.5, 0.6) is 5.75 Å². The zero-order valence-corrected chi connectivity index (χ0v) is 18.7. The highest BCUT2D eigenvalue weighted by molar-refractivity contribution is 7.89. The maximum absolute atomic E-state index is 13.0. The Hall–Kier alpha value is -1.84. The standard InChI is InChI=1S/C20H22Cl2N2O5S/c1-28-18-6-5-16(13-19(18)30(26,27)24-8-10-29-11-9-24)23-20(25)7-3-14-2-4-15(21)12-17(14)22/h2,4-6,12-13H,3,7-11H2,1H3,(H,23,25). The van der Waals surface area contributed by atoms with Crippen LogP contribution in [0.25, 0.3) is 0 Å². The van der Waals surface area contributed by atoms with Gasteiger partial charge in [-0.3, -0.25) is 4.79 Å². The van der Waals surface area contributed by atoms with Gasteiger partial charge in [0.2, 0.25) is 15.9 Å². The maximum atomic E-state index is 13.0. The highest BCUT2D eigenvalue weighted by Crippen LogP contribution is 2.30. The van der Waals surface area contributed by atoms with Crippen molar-refractivity contribution in [2.24, 2.45) is 0 Å². The quantitative estimate of drug-likeness (QED) is 0.665. The molecule has 1 fully saturated rings. The minimum atomic E-state index is -3.78. The van der Waals surface area contributed by atoms with Crippen molar-refractivity contribution in [3.05, 3.63) is 52.0 Å². The lowest BCUT2D eigenvalue weighted by molar-refractivity contribution is -0.116. The number of benzene rings is 2. The van der Waals surface area contributed by atoms with E-state index in [1.807, 2.05) is 0 Å². The number of aryl methyl sites for hydroxylation is 1. The number of hydrogen-bond acceptors (Lipinski definition) is 5. The lowest BCUT2D eigenvalue weighted by Crippen LogP contribution is -2.40. The smallest absolute Gasteiger partial charge is 0.246 e. The molecule has 1 N–H and O–H groups in total. The molecule has 1 aliphatic rings. The summed E-state index contributed by atoms with van der Waals surface area (Å²) in [5.41, 5.74) is 1.18. The molecule has 0 radical (unpaired) electrons. The molecular weight excluding hydrogens is 451 g/mol. The Labute approximate surface area is 185 Å². The fourth-order valence-electron chi connectivity index (χ4n) is 3.08. The number of halogens is 2. The van der Waals surface area contributed by atoms with Crippen molar-refractivity contribution < 1.29 is 22.7 Å². The summed E-state index contributed by atoms with van der Waals surface area (Å²) in [4.78, 5) is 12.4. The molecule has 1 amide bonds. The van der Waals surface area contributed by atoms with Gasteiger partial charge >= 0.3 is 0 Å². The van der Waals surface area contributed by atoms with Crippen molar-refractivity contribution in [3.8, 4) is 5.75 Å². The monoisotopic (exact) mass is 472 g/mol. The average Bonchev–Trinajstić information content (AvgIpc) is 2.73. The molecule has 2 aromatic carbocycles. The minimum absolute atomic E-state index is 0.00504. The molecule has 0 atom stereocenters. The van der Waals surface area contributed by atoms with Crippen LogP contribution in [-0.4, -0.2) is 52.0 Å². The van der Waals surface area contributed by atoms with Crippen molar-refractivity contribution in [3.63, 3.8) is 0 Å². The van der Waals surface area contributed by atoms with Gasteiger partial charge in [-0.1, -0.05) is 29.3 Å². The van der Waals surface area contributed by atoms with E-state index in [1.54, 1.807) is 24.3 Å². The van der Waals surface area contributed by atoms with E-state index < -0.39 is 10.0 Å². The highest BCUT2D eigenvalue weighted by atomic mass is 35.5. The van der Waals surface area contributed by atoms with Gasteiger partial charge in [-0.2, -0.15) is 4.31 Å². The van der Waals surface area contributed by atoms with Crippen LogP contribution in [0.15, 0.2) is 41.3 Å². The molecule has 1 aliphatic heterocycles. The first-order valence-corrected chi connectivity index (χ1v) is 11.5. The molecule has 0 aromatic heterocycles. The molecule has 0 bridgehead atoms. The fourth-order valence-corrected chi connectivity index (χ4v) is 5.17. The van der Waals surface area contributed by atoms with E-state index in [2.05, 4.69) is 5.32 Å². The lowest BCUT2D eigenvalue weighted by Gasteiger charge is -2.26. The second-order valence-electron chi connectivity index (χ2n) is 6.67. The molecule has 3 rings (SSSR count). The predicted molar refractivity (Wildman–Crippen MR) is 116 cm³/mol. The summed E-state index contributed by atoms with van der Waals surface area (Å²) in [5.74, 6) is -0.0478. The molecule has 0 aliphatic carbocycles. The van der Waals surface area contributed by atoms with Crippen LogP contribution in [0.4, 0.5) is 5.69 Å². The third kappa shape index (κ3) is 5.44. The molecule has 1 saturated heterocycles. The van der Waals surface area contributed by atoms with Crippen molar-refractivity contribution >= 4 is 44.8 Å². The Morgan fingerprint density at radius 2 is 1.90 bits per heavy atom. The number of methoxy groups -OCH3 is 1. The Morgan fingerprint density at radius 3 is 2.57 bits per heavy atom. The second kappa shape index (κ2) is 9.98. The summed E-state index contributed by atoms with van der Waals surface area (Å²) >= 11 is 12.0. The summed E-state index contributed by atoms with van der Waals surface area (Å²) in [5, 5.41) is 3.77. The summed E-state index contributed by atoms with van der Waals surface area (Å²) in [6, 6.07) is 9.66. The number of carbonyl (C=O) groups is 1. The van der Waals surface area contributed by atoms with Crippen LogP contribution in [-0.2, 0) is 26.0 Å². The van der Waals surface area contributed by atoms with Gasteiger partial charge < -0.3 is 14.8 Å². The number of amides is 1. The molecule has 1 heterocycles. The predicted octanol–water partition coefficient (Wildman–Crippen LogP) is 3.59. The van der Waals surface area contributed by atoms with Crippen LogP contribution in [0.1, 0.15) is 12.0 Å². The van der Waals surface area contributed by atoms with Gasteiger partial charge in [0, 0.05) is 35.2 Å². The van der Waals surface area contributed by atoms with Gasteiger partial charge in [0.1, 0.15) is 10.6 Å². The Bertz CT molecular complexity index is 1020. The number of anilines is 1. The molecule has 7 nitrogen and oxygen atoms in total. The second-order valence-corrected chi connectivity index (χ2v) is 9.42. The molecule has 0 spiro atoms. The van der Waals surface area contributed by atoms with Gasteiger partial charge in [-0.15, -0.1) is 0 Å². The lowest BCUT2D eigenvalue weighted by atomic mass is 10.1. The molecule has 10 heteroatoms. The summed E-state index contributed by atoms with van der Waals surface area (Å²) in [6.45, 7) is 1.21. The van der Waals surface area contributed by atoms with E-state index in [4.69, 9.17) is 32.7 Å². The van der Waals surface area contributed by atoms with Gasteiger partial charge in [-0.05, 0) is 42.3 Å². The normalized spacial score (nSPS) is 15.0. The average molecular weight is 473 g/mol. The Kier molecular flexibility index (Phi) is 7.60. The zero-order valence-electron chi connectivity index (χ0n) is 16.4. The first-order valence-electron chi connectivity index (χ1n) is 9.31. The maximum Gasteiger partial charge on any atom is 0.246 e. The number of ether oxygens (including phenoxy) is 2. The largest absolute Gasteiger partial charge is 0.495 e. The third-order valence-corrected chi connectivity index (χ3v) is 7.18. The van der Waals surface area contributed by atoms with Crippen molar-refractivity contribution in [1.29, 1.82) is 0 Å². The van der Waals surface area contributed by atoms with Gasteiger partial charge in [0.05, 0.1) is 20.3 Å². The van der Waals surface area contributed by atoms with Gasteiger partial charge in [0.25, 0.3) is 0 Å². The third-order valence-electron chi connectivity index (χ3n) is 4.67. The number of morpholine rings is 1. The molecule has 0 saturated carbocycles. The van der Waals surface area contributed by atoms with E-state index in [1.165, 1.54) is 23.5 Å². The minimum Gasteiger partial charge on any atom is -0.495 e. The van der Waals surface area contributed by atoms with Gasteiger partial charge in [0.15, 0.2) is 0 Å². The van der Waals surface area contributed by atoms with Crippen molar-refractivity contribution in [2.75, 3.05) is 38.7 Å². The van der Waals surface area contributed by atoms with E-state index >= 15 is 0 Å². The fraction of sp³-hybridized carbons (Fsp3) is 0.350. The van der Waals surface area contributed by atoms with E-state index in [0.29, 0.717) is 35.4 Å². The van der Waals surface area contributed by atoms with Crippen LogP contribution in [0, 0.1) is 0 Å². The number of nitrogens with one attached hydrogen (secondary N) is 1. The van der Waals surface area contributed by atoms with Crippen molar-refractivity contribution in [2.45, 2.75) is 17.7 Å². The van der Waals surface area contributed by atoms with Gasteiger partial charge in [-0.25, -0.2) is 8.42 Å². The summed E-state index contributed by atoms with van der Waals surface area (Å²) < 4.78 is 37.9. The molecule has 2 aromatic rings. The molecular formula is C20H22Cl2N2O5S.